The first-order valence-corrected chi connectivity index (χ1v) is 6.30. The number of nitrogens with one attached hydrogen (secondary N) is 1. The Bertz CT molecular complexity index is 409. The third kappa shape index (κ3) is 4.44. The molecule has 100 valence electrons. The second-order valence-corrected chi connectivity index (χ2v) is 4.52. The van der Waals surface area contributed by atoms with Crippen LogP contribution >= 0.6 is 23.2 Å². The van der Waals surface area contributed by atoms with Gasteiger partial charge < -0.3 is 10.1 Å². The fourth-order valence-corrected chi connectivity index (χ4v) is 1.82. The first-order chi connectivity index (χ1) is 8.58. The molecule has 0 heterocycles. The molecule has 0 spiro atoms. The smallest absolute Gasteiger partial charge is 0.251 e. The third-order valence-corrected chi connectivity index (χ3v) is 2.87. The molecule has 0 fully saturated rings. The highest BCUT2D eigenvalue weighted by Gasteiger charge is 2.14. The number of benzene rings is 1. The number of methoxy groups -OCH3 is 1. The van der Waals surface area contributed by atoms with Gasteiger partial charge in [0.2, 0.25) is 0 Å². The van der Waals surface area contributed by atoms with Gasteiger partial charge in [-0.3, -0.25) is 4.79 Å². The van der Waals surface area contributed by atoms with Gasteiger partial charge in [0, 0.05) is 18.6 Å². The molecule has 1 aromatic carbocycles. The van der Waals surface area contributed by atoms with Crippen molar-refractivity contribution in [1.29, 1.82) is 0 Å². The summed E-state index contributed by atoms with van der Waals surface area (Å²) in [6.45, 7) is 0.356. The molecule has 3 nitrogen and oxygen atoms in total. The number of carbonyl (C=O) groups is 1. The average molecular weight is 294 g/mol. The first-order valence-electron chi connectivity index (χ1n) is 5.39. The van der Waals surface area contributed by atoms with Crippen LogP contribution in [0, 0.1) is 5.82 Å². The van der Waals surface area contributed by atoms with Crippen LogP contribution < -0.4 is 5.32 Å². The number of rotatable bonds is 6. The van der Waals surface area contributed by atoms with Gasteiger partial charge in [-0.2, -0.15) is 0 Å². The molecular formula is C12H14Cl2FNO2. The van der Waals surface area contributed by atoms with Gasteiger partial charge in [0.05, 0.1) is 17.7 Å². The van der Waals surface area contributed by atoms with Crippen LogP contribution in [0.5, 0.6) is 0 Å². The molecule has 0 aromatic heterocycles. The highest BCUT2D eigenvalue weighted by atomic mass is 35.5. The van der Waals surface area contributed by atoms with E-state index >= 15 is 0 Å². The summed E-state index contributed by atoms with van der Waals surface area (Å²) in [7, 11) is 1.54. The zero-order chi connectivity index (χ0) is 13.5. The van der Waals surface area contributed by atoms with Crippen LogP contribution in [-0.4, -0.2) is 31.5 Å². The van der Waals surface area contributed by atoms with Gasteiger partial charge in [-0.1, -0.05) is 11.6 Å². The average Bonchev–Trinajstić information content (AvgIpc) is 2.33. The van der Waals surface area contributed by atoms with Crippen molar-refractivity contribution in [3.63, 3.8) is 0 Å². The van der Waals surface area contributed by atoms with Gasteiger partial charge in [-0.05, 0) is 24.6 Å². The minimum atomic E-state index is -0.620. The normalized spacial score (nSPS) is 12.2. The maximum atomic E-state index is 13.2. The molecular weight excluding hydrogens is 280 g/mol. The molecule has 0 bridgehead atoms. The van der Waals surface area contributed by atoms with Gasteiger partial charge in [-0.25, -0.2) is 4.39 Å². The van der Waals surface area contributed by atoms with Gasteiger partial charge >= 0.3 is 0 Å². The topological polar surface area (TPSA) is 38.3 Å². The molecule has 1 N–H and O–H groups in total. The van der Waals surface area contributed by atoms with Crippen molar-refractivity contribution in [2.45, 2.75) is 12.5 Å². The lowest BCUT2D eigenvalue weighted by atomic mass is 10.1. The molecule has 1 aromatic rings. The third-order valence-electron chi connectivity index (χ3n) is 2.34. The van der Waals surface area contributed by atoms with Crippen molar-refractivity contribution in [2.24, 2.45) is 0 Å². The molecule has 6 heteroatoms. The lowest BCUT2D eigenvalue weighted by Gasteiger charge is -2.16. The zero-order valence-corrected chi connectivity index (χ0v) is 11.4. The summed E-state index contributed by atoms with van der Waals surface area (Å²) in [4.78, 5) is 11.8. The van der Waals surface area contributed by atoms with E-state index < -0.39 is 5.82 Å². The maximum absolute atomic E-state index is 13.2. The fraction of sp³-hybridized carbons (Fsp3) is 0.417. The van der Waals surface area contributed by atoms with Gasteiger partial charge in [0.15, 0.2) is 0 Å². The van der Waals surface area contributed by atoms with E-state index in [2.05, 4.69) is 5.32 Å². The van der Waals surface area contributed by atoms with E-state index in [0.29, 0.717) is 18.9 Å². The van der Waals surface area contributed by atoms with E-state index in [-0.39, 0.29) is 22.5 Å². The number of amides is 1. The van der Waals surface area contributed by atoms with E-state index in [1.54, 1.807) is 0 Å². The fourth-order valence-electron chi connectivity index (χ4n) is 1.44. The predicted molar refractivity (Wildman–Crippen MR) is 69.9 cm³/mol. The van der Waals surface area contributed by atoms with Crippen LogP contribution in [-0.2, 0) is 4.74 Å². The Kier molecular flexibility index (Phi) is 6.39. The quantitative estimate of drug-likeness (QED) is 0.819. The lowest BCUT2D eigenvalue weighted by Crippen LogP contribution is -2.38. The standard InChI is InChI=1S/C12H14Cl2FNO2/c1-18-7-9(4-5-13)16-12(17)8-2-3-10(14)11(15)6-8/h2-3,6,9H,4-5,7H2,1H3,(H,16,17). The molecule has 0 aliphatic heterocycles. The van der Waals surface area contributed by atoms with Crippen molar-refractivity contribution in [3.8, 4) is 0 Å². The van der Waals surface area contributed by atoms with Crippen LogP contribution in [0.25, 0.3) is 0 Å². The highest BCUT2D eigenvalue weighted by Crippen LogP contribution is 2.15. The second kappa shape index (κ2) is 7.56. The zero-order valence-electron chi connectivity index (χ0n) is 9.88. The largest absolute Gasteiger partial charge is 0.383 e. The van der Waals surface area contributed by atoms with Gasteiger partial charge in [0.25, 0.3) is 5.91 Å². The lowest BCUT2D eigenvalue weighted by molar-refractivity contribution is 0.0894. The van der Waals surface area contributed by atoms with Gasteiger partial charge in [0.1, 0.15) is 5.82 Å². The van der Waals surface area contributed by atoms with Crippen molar-refractivity contribution in [3.05, 3.63) is 34.6 Å². The summed E-state index contributed by atoms with van der Waals surface area (Å²) in [5, 5.41) is 2.71. The van der Waals surface area contributed by atoms with Crippen LogP contribution in [0.2, 0.25) is 5.02 Å². The molecule has 0 saturated heterocycles. The van der Waals surface area contributed by atoms with E-state index in [1.165, 1.54) is 19.2 Å². The minimum absolute atomic E-state index is 0.0132. The Labute approximate surface area is 115 Å². The Morgan fingerprint density at radius 2 is 2.28 bits per heavy atom. The molecule has 1 amide bonds. The number of alkyl halides is 1. The van der Waals surface area contributed by atoms with Crippen molar-refractivity contribution < 1.29 is 13.9 Å². The summed E-state index contributed by atoms with van der Waals surface area (Å²) in [6, 6.07) is 3.71. The predicted octanol–water partition coefficient (Wildman–Crippen LogP) is 2.85. The number of ether oxygens (including phenoxy) is 1. The number of halogens is 3. The van der Waals surface area contributed by atoms with Crippen LogP contribution in [0.3, 0.4) is 0 Å². The van der Waals surface area contributed by atoms with Crippen LogP contribution in [0.1, 0.15) is 16.8 Å². The van der Waals surface area contributed by atoms with E-state index in [4.69, 9.17) is 27.9 Å². The first kappa shape index (κ1) is 15.2. The minimum Gasteiger partial charge on any atom is -0.383 e. The molecule has 1 unspecified atom stereocenters. The summed E-state index contributed by atoms with van der Waals surface area (Å²) in [5.41, 5.74) is 0.215. The monoisotopic (exact) mass is 293 g/mol. The molecule has 0 aliphatic carbocycles. The van der Waals surface area contributed by atoms with Gasteiger partial charge in [-0.15, -0.1) is 11.6 Å². The molecule has 1 rings (SSSR count). The number of hydrogen-bond acceptors (Lipinski definition) is 2. The molecule has 18 heavy (non-hydrogen) atoms. The van der Waals surface area contributed by atoms with Crippen molar-refractivity contribution >= 4 is 29.1 Å². The number of carbonyl (C=O) groups excluding carboxylic acids is 1. The Morgan fingerprint density at radius 3 is 2.83 bits per heavy atom. The van der Waals surface area contributed by atoms with Crippen molar-refractivity contribution in [1.82, 2.24) is 5.32 Å². The summed E-state index contributed by atoms with van der Waals surface area (Å²) in [5.74, 6) is -0.591. The van der Waals surface area contributed by atoms with Crippen LogP contribution in [0.15, 0.2) is 18.2 Å². The highest BCUT2D eigenvalue weighted by molar-refractivity contribution is 6.30. The van der Waals surface area contributed by atoms with Crippen LogP contribution in [0.4, 0.5) is 4.39 Å². The Hall–Kier alpha value is -0.840. The second-order valence-electron chi connectivity index (χ2n) is 3.73. The molecule has 0 aliphatic rings. The number of hydrogen-bond donors (Lipinski definition) is 1. The van der Waals surface area contributed by atoms with E-state index in [1.807, 2.05) is 0 Å². The molecule has 1 atom stereocenters. The Balaban J connectivity index is 2.70. The maximum Gasteiger partial charge on any atom is 0.251 e. The van der Waals surface area contributed by atoms with E-state index in [9.17, 15) is 9.18 Å². The van der Waals surface area contributed by atoms with E-state index in [0.717, 1.165) is 6.07 Å². The SMILES string of the molecule is COCC(CCCl)NC(=O)c1ccc(Cl)c(F)c1. The molecule has 0 radical (unpaired) electrons. The summed E-state index contributed by atoms with van der Waals surface area (Å²) in [6.07, 6.45) is 0.581. The molecule has 0 saturated carbocycles. The summed E-state index contributed by atoms with van der Waals surface area (Å²) < 4.78 is 18.2. The van der Waals surface area contributed by atoms with Crippen molar-refractivity contribution in [2.75, 3.05) is 19.6 Å². The summed E-state index contributed by atoms with van der Waals surface area (Å²) >= 11 is 11.2. The Morgan fingerprint density at radius 1 is 1.56 bits per heavy atom.